The fourth-order valence-corrected chi connectivity index (χ4v) is 9.08. The number of carbonyl (C=O) groups excluding carboxylic acids is 3. The lowest BCUT2D eigenvalue weighted by molar-refractivity contribution is -0.167. The van der Waals surface area contributed by atoms with Crippen LogP contribution in [0.4, 0.5) is 0 Å². The molecule has 0 spiro atoms. The van der Waals surface area contributed by atoms with Crippen LogP contribution in [0.25, 0.3) is 0 Å². The fourth-order valence-electron chi connectivity index (χ4n) is 9.08. The number of hydrogen-bond acceptors (Lipinski definition) is 6. The molecule has 0 saturated heterocycles. The van der Waals surface area contributed by atoms with Crippen LogP contribution >= 0.6 is 0 Å². The minimum atomic E-state index is -0.769. The van der Waals surface area contributed by atoms with Gasteiger partial charge in [0.1, 0.15) is 13.2 Å². The van der Waals surface area contributed by atoms with Crippen molar-refractivity contribution in [2.45, 2.75) is 341 Å². The quantitative estimate of drug-likeness (QED) is 0.0262. The zero-order chi connectivity index (χ0) is 49.3. The molecule has 0 N–H and O–H groups in total. The molecular weight excluding hydrogens is 841 g/mol. The molecule has 0 saturated carbocycles. The second-order valence-electron chi connectivity index (χ2n) is 20.6. The highest BCUT2D eigenvalue weighted by Gasteiger charge is 2.19. The lowest BCUT2D eigenvalue weighted by atomic mass is 10.0. The van der Waals surface area contributed by atoms with Crippen molar-refractivity contribution in [3.05, 3.63) is 24.3 Å². The highest BCUT2D eigenvalue weighted by Crippen LogP contribution is 2.17. The van der Waals surface area contributed by atoms with Crippen LogP contribution in [-0.4, -0.2) is 37.2 Å². The monoisotopic (exact) mass is 957 g/mol. The molecule has 68 heavy (non-hydrogen) atoms. The topological polar surface area (TPSA) is 78.9 Å². The maximum absolute atomic E-state index is 12.8. The average molecular weight is 958 g/mol. The summed E-state index contributed by atoms with van der Waals surface area (Å²) in [6.07, 6.45) is 67.8. The van der Waals surface area contributed by atoms with E-state index >= 15 is 0 Å². The Morgan fingerprint density at radius 2 is 0.485 bits per heavy atom. The summed E-state index contributed by atoms with van der Waals surface area (Å²) in [5.41, 5.74) is 0. The van der Waals surface area contributed by atoms with E-state index in [9.17, 15) is 14.4 Å². The van der Waals surface area contributed by atoms with Crippen molar-refractivity contribution >= 4 is 17.9 Å². The molecule has 0 amide bonds. The van der Waals surface area contributed by atoms with Gasteiger partial charge in [-0.15, -0.1) is 0 Å². The van der Waals surface area contributed by atoms with Crippen LogP contribution in [-0.2, 0) is 28.6 Å². The molecule has 0 bridgehead atoms. The summed E-state index contributed by atoms with van der Waals surface area (Å²) in [4.78, 5) is 37.9. The molecule has 0 radical (unpaired) electrons. The fraction of sp³-hybridized carbons (Fsp3) is 0.887. The van der Waals surface area contributed by atoms with Crippen LogP contribution in [0, 0.1) is 0 Å². The van der Waals surface area contributed by atoms with Gasteiger partial charge in [-0.2, -0.15) is 0 Å². The van der Waals surface area contributed by atoms with E-state index in [0.29, 0.717) is 19.3 Å². The SMILES string of the molecule is CCCCCC/C=C\CCCCCCCC(=O)OC(COC(=O)CCCCCCCCCC)COC(=O)CCCCCCCCCCCCCCCCCCC/C=C\CCCCCCCCCC. The minimum Gasteiger partial charge on any atom is -0.462 e. The minimum absolute atomic E-state index is 0.0700. The van der Waals surface area contributed by atoms with Crippen LogP contribution in [0.1, 0.15) is 335 Å². The summed E-state index contributed by atoms with van der Waals surface area (Å²) in [5.74, 6) is -0.866. The van der Waals surface area contributed by atoms with Gasteiger partial charge in [-0.1, -0.05) is 270 Å². The van der Waals surface area contributed by atoms with E-state index in [1.807, 2.05) is 0 Å². The van der Waals surface area contributed by atoms with Gasteiger partial charge in [-0.05, 0) is 70.6 Å². The first-order valence-electron chi connectivity index (χ1n) is 30.3. The Morgan fingerprint density at radius 1 is 0.279 bits per heavy atom. The van der Waals surface area contributed by atoms with Crippen molar-refractivity contribution < 1.29 is 28.6 Å². The van der Waals surface area contributed by atoms with E-state index in [0.717, 1.165) is 64.2 Å². The molecule has 1 atom stereocenters. The van der Waals surface area contributed by atoms with Gasteiger partial charge in [0.05, 0.1) is 0 Å². The zero-order valence-corrected chi connectivity index (χ0v) is 45.9. The molecule has 6 nitrogen and oxygen atoms in total. The standard InChI is InChI=1S/C62H116O6/c1-4-7-10-13-16-19-21-23-24-25-26-27-28-29-30-31-32-33-34-35-36-37-38-40-41-43-46-49-52-55-61(64)67-58-59(57-66-60(63)54-51-48-45-18-15-12-9-6-3)68-62(65)56-53-50-47-44-42-39-22-20-17-14-11-8-5-2/h20,22,25-26,59H,4-19,21,23-24,27-58H2,1-3H3/b22-20-,26-25-. The first-order valence-corrected chi connectivity index (χ1v) is 30.3. The number of carbonyl (C=O) groups is 3. The molecule has 0 heterocycles. The largest absolute Gasteiger partial charge is 0.462 e. The Kier molecular flexibility index (Phi) is 55.7. The smallest absolute Gasteiger partial charge is 0.306 e. The lowest BCUT2D eigenvalue weighted by Crippen LogP contribution is -2.30. The number of ether oxygens (including phenoxy) is 3. The van der Waals surface area contributed by atoms with Crippen LogP contribution < -0.4 is 0 Å². The zero-order valence-electron chi connectivity index (χ0n) is 45.9. The Labute approximate surface area is 423 Å². The van der Waals surface area contributed by atoms with Crippen LogP contribution in [0.2, 0.25) is 0 Å². The molecule has 0 aromatic carbocycles. The van der Waals surface area contributed by atoms with Gasteiger partial charge in [0.2, 0.25) is 0 Å². The third-order valence-electron chi connectivity index (χ3n) is 13.7. The molecule has 1 unspecified atom stereocenters. The molecule has 0 aliphatic carbocycles. The highest BCUT2D eigenvalue weighted by atomic mass is 16.6. The molecular formula is C62H116O6. The number of allylic oxidation sites excluding steroid dienone is 4. The first-order chi connectivity index (χ1) is 33.5. The Balaban J connectivity index is 4.02. The predicted molar refractivity (Wildman–Crippen MR) is 293 cm³/mol. The Hall–Kier alpha value is -2.11. The summed E-state index contributed by atoms with van der Waals surface area (Å²) < 4.78 is 16.8. The van der Waals surface area contributed by atoms with E-state index in [1.54, 1.807) is 0 Å². The molecule has 400 valence electrons. The number of hydrogen-bond donors (Lipinski definition) is 0. The van der Waals surface area contributed by atoms with E-state index in [1.165, 1.54) is 231 Å². The summed E-state index contributed by atoms with van der Waals surface area (Å²) in [5, 5.41) is 0. The maximum Gasteiger partial charge on any atom is 0.306 e. The number of unbranched alkanes of at least 4 members (excludes halogenated alkanes) is 41. The second kappa shape index (κ2) is 57.5. The summed E-state index contributed by atoms with van der Waals surface area (Å²) >= 11 is 0. The van der Waals surface area contributed by atoms with Crippen molar-refractivity contribution in [3.8, 4) is 0 Å². The lowest BCUT2D eigenvalue weighted by Gasteiger charge is -2.18. The second-order valence-corrected chi connectivity index (χ2v) is 20.6. The maximum atomic E-state index is 12.8. The molecule has 0 rings (SSSR count). The van der Waals surface area contributed by atoms with E-state index in [-0.39, 0.29) is 31.1 Å². The molecule has 0 aliphatic rings. The summed E-state index contributed by atoms with van der Waals surface area (Å²) in [7, 11) is 0. The van der Waals surface area contributed by atoms with Crippen LogP contribution in [0.3, 0.4) is 0 Å². The summed E-state index contributed by atoms with van der Waals surface area (Å²) in [6.45, 7) is 6.63. The Morgan fingerprint density at radius 3 is 0.750 bits per heavy atom. The van der Waals surface area contributed by atoms with Gasteiger partial charge < -0.3 is 14.2 Å². The third-order valence-corrected chi connectivity index (χ3v) is 13.7. The molecule has 0 aliphatic heterocycles. The van der Waals surface area contributed by atoms with E-state index in [4.69, 9.17) is 14.2 Å². The number of esters is 3. The van der Waals surface area contributed by atoms with Gasteiger partial charge in [0.25, 0.3) is 0 Å². The third kappa shape index (κ3) is 54.8. The van der Waals surface area contributed by atoms with Gasteiger partial charge in [-0.3, -0.25) is 14.4 Å². The number of rotatable bonds is 56. The van der Waals surface area contributed by atoms with Gasteiger partial charge >= 0.3 is 17.9 Å². The van der Waals surface area contributed by atoms with Crippen molar-refractivity contribution in [2.75, 3.05) is 13.2 Å². The first kappa shape index (κ1) is 65.9. The van der Waals surface area contributed by atoms with Crippen molar-refractivity contribution in [3.63, 3.8) is 0 Å². The van der Waals surface area contributed by atoms with Crippen LogP contribution in [0.5, 0.6) is 0 Å². The average Bonchev–Trinajstić information content (AvgIpc) is 3.34. The normalized spacial score (nSPS) is 12.1. The summed E-state index contributed by atoms with van der Waals surface area (Å²) in [6, 6.07) is 0. The molecule has 0 aromatic heterocycles. The van der Waals surface area contributed by atoms with Gasteiger partial charge in [0, 0.05) is 19.3 Å². The van der Waals surface area contributed by atoms with Gasteiger partial charge in [-0.25, -0.2) is 0 Å². The van der Waals surface area contributed by atoms with E-state index < -0.39 is 6.10 Å². The van der Waals surface area contributed by atoms with Crippen molar-refractivity contribution in [1.82, 2.24) is 0 Å². The molecule has 6 heteroatoms. The Bertz CT molecular complexity index is 1100. The van der Waals surface area contributed by atoms with E-state index in [2.05, 4.69) is 45.1 Å². The predicted octanol–water partition coefficient (Wildman–Crippen LogP) is 20.3. The molecule has 0 fully saturated rings. The molecule has 0 aromatic rings. The van der Waals surface area contributed by atoms with Crippen molar-refractivity contribution in [2.24, 2.45) is 0 Å². The van der Waals surface area contributed by atoms with Gasteiger partial charge in [0.15, 0.2) is 6.10 Å². The highest BCUT2D eigenvalue weighted by molar-refractivity contribution is 5.71. The van der Waals surface area contributed by atoms with Crippen LogP contribution in [0.15, 0.2) is 24.3 Å². The van der Waals surface area contributed by atoms with Crippen molar-refractivity contribution in [1.29, 1.82) is 0 Å².